The molecular formula is C21H27N3O. The van der Waals surface area contributed by atoms with Gasteiger partial charge in [-0.05, 0) is 36.6 Å². The predicted molar refractivity (Wildman–Crippen MR) is 104 cm³/mol. The van der Waals surface area contributed by atoms with Gasteiger partial charge in [0.05, 0.1) is 12.8 Å². The van der Waals surface area contributed by atoms with Crippen LogP contribution in [0, 0.1) is 0 Å². The van der Waals surface area contributed by atoms with Crippen LogP contribution in [-0.4, -0.2) is 50.8 Å². The normalized spacial score (nSPS) is 20.7. The summed E-state index contributed by atoms with van der Waals surface area (Å²) in [6, 6.07) is 17.6. The van der Waals surface area contributed by atoms with Crippen molar-refractivity contribution in [2.45, 2.75) is 18.9 Å². The Kier molecular flexibility index (Phi) is 4.79. The number of nitrogens with one attached hydrogen (secondary N) is 1. The minimum absolute atomic E-state index is 0.563. The Labute approximate surface area is 150 Å². The van der Waals surface area contributed by atoms with Crippen LogP contribution in [0.5, 0.6) is 5.75 Å². The van der Waals surface area contributed by atoms with Crippen LogP contribution in [0.3, 0.4) is 0 Å². The van der Waals surface area contributed by atoms with Crippen LogP contribution < -0.4 is 15.0 Å². The van der Waals surface area contributed by atoms with Gasteiger partial charge in [-0.2, -0.15) is 0 Å². The molecule has 1 atom stereocenters. The SMILES string of the molecule is COc1ccccc1N1CCN(CC2CCc3ccccc3N2)CC1. The zero-order valence-corrected chi connectivity index (χ0v) is 14.9. The van der Waals surface area contributed by atoms with Crippen molar-refractivity contribution in [1.29, 1.82) is 0 Å². The Morgan fingerprint density at radius 3 is 2.60 bits per heavy atom. The highest BCUT2D eigenvalue weighted by molar-refractivity contribution is 5.58. The van der Waals surface area contributed by atoms with Gasteiger partial charge in [-0.1, -0.05) is 30.3 Å². The molecule has 132 valence electrons. The lowest BCUT2D eigenvalue weighted by Gasteiger charge is -2.39. The Morgan fingerprint density at radius 2 is 1.76 bits per heavy atom. The van der Waals surface area contributed by atoms with E-state index in [0.717, 1.165) is 38.5 Å². The molecule has 2 heterocycles. The van der Waals surface area contributed by atoms with Crippen LogP contribution in [-0.2, 0) is 6.42 Å². The first kappa shape index (κ1) is 16.3. The molecule has 1 unspecified atom stereocenters. The van der Waals surface area contributed by atoms with Gasteiger partial charge < -0.3 is 15.0 Å². The lowest BCUT2D eigenvalue weighted by molar-refractivity contribution is 0.242. The molecule has 0 aliphatic carbocycles. The largest absolute Gasteiger partial charge is 0.495 e. The van der Waals surface area contributed by atoms with Crippen LogP contribution in [0.25, 0.3) is 0 Å². The minimum Gasteiger partial charge on any atom is -0.495 e. The second-order valence-electron chi connectivity index (χ2n) is 7.00. The molecule has 2 aliphatic heterocycles. The molecule has 1 N–H and O–H groups in total. The number of aryl methyl sites for hydroxylation is 1. The number of rotatable bonds is 4. The van der Waals surface area contributed by atoms with Gasteiger partial charge in [0, 0.05) is 44.5 Å². The first-order valence-corrected chi connectivity index (χ1v) is 9.28. The second kappa shape index (κ2) is 7.36. The summed E-state index contributed by atoms with van der Waals surface area (Å²) in [5.74, 6) is 0.974. The molecule has 0 saturated carbocycles. The van der Waals surface area contributed by atoms with E-state index >= 15 is 0 Å². The quantitative estimate of drug-likeness (QED) is 0.927. The average Bonchev–Trinajstić information content (AvgIpc) is 2.68. The molecule has 0 aromatic heterocycles. The highest BCUT2D eigenvalue weighted by atomic mass is 16.5. The first-order chi connectivity index (χ1) is 12.3. The van der Waals surface area contributed by atoms with Gasteiger partial charge in [0.1, 0.15) is 5.75 Å². The van der Waals surface area contributed by atoms with Gasteiger partial charge in [-0.15, -0.1) is 0 Å². The van der Waals surface area contributed by atoms with Crippen LogP contribution in [0.15, 0.2) is 48.5 Å². The van der Waals surface area contributed by atoms with Crippen molar-refractivity contribution in [2.24, 2.45) is 0 Å². The number of piperazine rings is 1. The molecule has 2 aliphatic rings. The van der Waals surface area contributed by atoms with Crippen molar-refractivity contribution >= 4 is 11.4 Å². The molecule has 4 rings (SSSR count). The van der Waals surface area contributed by atoms with Crippen molar-refractivity contribution in [3.8, 4) is 5.75 Å². The molecule has 25 heavy (non-hydrogen) atoms. The highest BCUT2D eigenvalue weighted by Gasteiger charge is 2.24. The van der Waals surface area contributed by atoms with E-state index in [4.69, 9.17) is 4.74 Å². The molecule has 1 fully saturated rings. The fourth-order valence-corrected chi connectivity index (χ4v) is 4.01. The molecule has 4 nitrogen and oxygen atoms in total. The number of fused-ring (bicyclic) bond motifs is 1. The third kappa shape index (κ3) is 3.59. The van der Waals surface area contributed by atoms with E-state index in [1.165, 1.54) is 29.8 Å². The molecule has 2 aromatic rings. The maximum absolute atomic E-state index is 5.51. The van der Waals surface area contributed by atoms with Crippen LogP contribution in [0.2, 0.25) is 0 Å². The topological polar surface area (TPSA) is 27.7 Å². The van der Waals surface area contributed by atoms with Crippen molar-refractivity contribution in [3.63, 3.8) is 0 Å². The Hall–Kier alpha value is -2.20. The number of para-hydroxylation sites is 3. The molecule has 0 spiro atoms. The number of nitrogens with zero attached hydrogens (tertiary/aromatic N) is 2. The zero-order valence-electron chi connectivity index (χ0n) is 14.9. The van der Waals surface area contributed by atoms with E-state index in [-0.39, 0.29) is 0 Å². The maximum atomic E-state index is 5.51. The highest BCUT2D eigenvalue weighted by Crippen LogP contribution is 2.29. The number of benzene rings is 2. The summed E-state index contributed by atoms with van der Waals surface area (Å²) >= 11 is 0. The van der Waals surface area contributed by atoms with E-state index in [0.29, 0.717) is 6.04 Å². The standard InChI is InChI=1S/C21H27N3O/c1-25-21-9-5-4-8-20(21)24-14-12-23(13-15-24)16-18-11-10-17-6-2-3-7-19(17)22-18/h2-9,18,22H,10-16H2,1H3. The van der Waals surface area contributed by atoms with Gasteiger partial charge in [-0.3, -0.25) is 4.90 Å². The molecule has 0 amide bonds. The lowest BCUT2D eigenvalue weighted by atomic mass is 9.97. The third-order valence-corrected chi connectivity index (χ3v) is 5.42. The zero-order chi connectivity index (χ0) is 17.1. The summed E-state index contributed by atoms with van der Waals surface area (Å²) in [6.07, 6.45) is 2.42. The van der Waals surface area contributed by atoms with E-state index in [9.17, 15) is 0 Å². The Morgan fingerprint density at radius 1 is 1.00 bits per heavy atom. The Bertz CT molecular complexity index is 710. The number of ether oxygens (including phenoxy) is 1. The van der Waals surface area contributed by atoms with Crippen LogP contribution in [0.1, 0.15) is 12.0 Å². The van der Waals surface area contributed by atoms with Gasteiger partial charge >= 0.3 is 0 Å². The summed E-state index contributed by atoms with van der Waals surface area (Å²) in [4.78, 5) is 5.04. The molecular weight excluding hydrogens is 310 g/mol. The monoisotopic (exact) mass is 337 g/mol. The number of hydrogen-bond donors (Lipinski definition) is 1. The van der Waals surface area contributed by atoms with Crippen molar-refractivity contribution in [3.05, 3.63) is 54.1 Å². The molecule has 2 aromatic carbocycles. The van der Waals surface area contributed by atoms with E-state index in [1.54, 1.807) is 7.11 Å². The predicted octanol–water partition coefficient (Wildman–Crippen LogP) is 3.24. The summed E-state index contributed by atoms with van der Waals surface area (Å²) in [5.41, 5.74) is 4.00. The number of methoxy groups -OCH3 is 1. The summed E-state index contributed by atoms with van der Waals surface area (Å²) in [6.45, 7) is 5.47. The maximum Gasteiger partial charge on any atom is 0.142 e. The Balaban J connectivity index is 1.32. The smallest absolute Gasteiger partial charge is 0.142 e. The third-order valence-electron chi connectivity index (χ3n) is 5.42. The minimum atomic E-state index is 0.563. The van der Waals surface area contributed by atoms with Crippen LogP contribution >= 0.6 is 0 Å². The summed E-state index contributed by atoms with van der Waals surface area (Å²) in [5, 5.41) is 3.73. The molecule has 1 saturated heterocycles. The van der Waals surface area contributed by atoms with E-state index in [1.807, 2.05) is 12.1 Å². The van der Waals surface area contributed by atoms with E-state index < -0.39 is 0 Å². The summed E-state index contributed by atoms with van der Waals surface area (Å²) in [7, 11) is 1.75. The van der Waals surface area contributed by atoms with Gasteiger partial charge in [0.2, 0.25) is 0 Å². The average molecular weight is 337 g/mol. The second-order valence-corrected chi connectivity index (χ2v) is 7.00. The number of anilines is 2. The molecule has 0 bridgehead atoms. The van der Waals surface area contributed by atoms with Gasteiger partial charge in [0.25, 0.3) is 0 Å². The first-order valence-electron chi connectivity index (χ1n) is 9.28. The molecule has 4 heteroatoms. The van der Waals surface area contributed by atoms with E-state index in [2.05, 4.69) is 51.5 Å². The lowest BCUT2D eigenvalue weighted by Crippen LogP contribution is -2.50. The number of hydrogen-bond acceptors (Lipinski definition) is 4. The van der Waals surface area contributed by atoms with Crippen molar-refractivity contribution in [2.75, 3.05) is 50.1 Å². The van der Waals surface area contributed by atoms with Crippen LogP contribution in [0.4, 0.5) is 11.4 Å². The summed E-state index contributed by atoms with van der Waals surface area (Å²) < 4.78 is 5.51. The molecule has 0 radical (unpaired) electrons. The van der Waals surface area contributed by atoms with Crippen molar-refractivity contribution in [1.82, 2.24) is 4.90 Å². The van der Waals surface area contributed by atoms with Gasteiger partial charge in [-0.25, -0.2) is 0 Å². The van der Waals surface area contributed by atoms with Crippen molar-refractivity contribution < 1.29 is 4.74 Å². The fraction of sp³-hybridized carbons (Fsp3) is 0.429. The fourth-order valence-electron chi connectivity index (χ4n) is 4.01. The van der Waals surface area contributed by atoms with Gasteiger partial charge in [0.15, 0.2) is 0 Å².